The molecule has 0 atom stereocenters. The van der Waals surface area contributed by atoms with Gasteiger partial charge >= 0.3 is 0 Å². The van der Waals surface area contributed by atoms with Gasteiger partial charge in [0.1, 0.15) is 11.1 Å². The van der Waals surface area contributed by atoms with Crippen LogP contribution in [0.1, 0.15) is 35.6 Å². The Morgan fingerprint density at radius 1 is 1.32 bits per heavy atom. The fourth-order valence-corrected chi connectivity index (χ4v) is 4.47. The van der Waals surface area contributed by atoms with Crippen LogP contribution in [0.15, 0.2) is 39.8 Å². The quantitative estimate of drug-likeness (QED) is 0.484. The lowest BCUT2D eigenvalue weighted by atomic mass is 10.1. The molecule has 0 saturated heterocycles. The smallest absolute Gasteiger partial charge is 0.249 e. The summed E-state index contributed by atoms with van der Waals surface area (Å²) in [6.07, 6.45) is 1.90. The molecule has 9 heteroatoms. The molecule has 7 nitrogen and oxygen atoms in total. The second kappa shape index (κ2) is 9.08. The van der Waals surface area contributed by atoms with E-state index < -0.39 is 0 Å². The van der Waals surface area contributed by atoms with Crippen molar-refractivity contribution >= 4 is 29.3 Å². The van der Waals surface area contributed by atoms with Gasteiger partial charge in [0.25, 0.3) is 0 Å². The Labute approximate surface area is 189 Å². The highest BCUT2D eigenvalue weighted by Gasteiger charge is 2.34. The van der Waals surface area contributed by atoms with E-state index in [0.717, 1.165) is 24.1 Å². The van der Waals surface area contributed by atoms with Crippen molar-refractivity contribution in [2.75, 3.05) is 5.75 Å². The first-order valence-corrected chi connectivity index (χ1v) is 11.2. The number of halogens is 1. The van der Waals surface area contributed by atoms with Crippen molar-refractivity contribution in [2.24, 2.45) is 0 Å². The summed E-state index contributed by atoms with van der Waals surface area (Å²) in [7, 11) is 0. The largest absolute Gasteiger partial charge is 0.419 e. The molecule has 0 N–H and O–H groups in total. The van der Waals surface area contributed by atoms with Crippen LogP contribution in [0.4, 0.5) is 0 Å². The standard InChI is InChI=1S/C22H20ClN5O2S/c1-13-9-14(2)25-22(17(13)10-24)31-12-20(29)28(15-7-8-15)11-19-26-27-21(30-19)16-5-3-4-6-18(16)23/h3-6,9,15H,7-8,11-12H2,1-2H3. The Bertz CT molecular complexity index is 1170. The van der Waals surface area contributed by atoms with Crippen LogP contribution in [0.2, 0.25) is 5.02 Å². The summed E-state index contributed by atoms with van der Waals surface area (Å²) in [6, 6.07) is 11.5. The van der Waals surface area contributed by atoms with Crippen LogP contribution >= 0.6 is 23.4 Å². The Kier molecular flexibility index (Phi) is 6.25. The van der Waals surface area contributed by atoms with Crippen molar-refractivity contribution in [1.82, 2.24) is 20.1 Å². The average Bonchev–Trinajstić information content (AvgIpc) is 3.48. The normalized spacial score (nSPS) is 13.1. The maximum atomic E-state index is 13.0. The molecular weight excluding hydrogens is 434 g/mol. The van der Waals surface area contributed by atoms with Gasteiger partial charge in [-0.15, -0.1) is 10.2 Å². The van der Waals surface area contributed by atoms with Crippen LogP contribution < -0.4 is 0 Å². The number of pyridine rings is 1. The Morgan fingerprint density at radius 3 is 2.81 bits per heavy atom. The molecule has 0 radical (unpaired) electrons. The van der Waals surface area contributed by atoms with E-state index >= 15 is 0 Å². The number of aromatic nitrogens is 3. The molecule has 1 amide bonds. The number of carbonyl (C=O) groups excluding carboxylic acids is 1. The fraction of sp³-hybridized carbons (Fsp3) is 0.318. The van der Waals surface area contributed by atoms with E-state index in [1.165, 1.54) is 11.8 Å². The predicted octanol–water partition coefficient (Wildman–Crippen LogP) is 4.56. The van der Waals surface area contributed by atoms with Gasteiger partial charge < -0.3 is 9.32 Å². The van der Waals surface area contributed by atoms with Crippen LogP contribution in [-0.2, 0) is 11.3 Å². The summed E-state index contributed by atoms with van der Waals surface area (Å²) >= 11 is 7.49. The van der Waals surface area contributed by atoms with Gasteiger partial charge in [-0.2, -0.15) is 5.26 Å². The molecule has 1 fully saturated rings. The number of amides is 1. The minimum atomic E-state index is -0.0464. The minimum Gasteiger partial charge on any atom is -0.419 e. The van der Waals surface area contributed by atoms with Crippen LogP contribution in [0.25, 0.3) is 11.5 Å². The molecule has 1 aromatic carbocycles. The molecule has 1 saturated carbocycles. The number of rotatable bonds is 7. The van der Waals surface area contributed by atoms with Crippen LogP contribution in [0, 0.1) is 25.2 Å². The first kappa shape index (κ1) is 21.3. The number of nitriles is 1. The maximum absolute atomic E-state index is 13.0. The van der Waals surface area contributed by atoms with Gasteiger partial charge in [-0.05, 0) is 50.5 Å². The fourth-order valence-electron chi connectivity index (χ4n) is 3.27. The SMILES string of the molecule is Cc1cc(C)c(C#N)c(SCC(=O)N(Cc2nnc(-c3ccccc3Cl)o2)C2CC2)n1. The lowest BCUT2D eigenvalue weighted by Gasteiger charge is -2.20. The highest BCUT2D eigenvalue weighted by Crippen LogP contribution is 2.31. The molecule has 2 heterocycles. The second-order valence-corrected chi connectivity index (χ2v) is 8.77. The van der Waals surface area contributed by atoms with Crippen LogP contribution in [0.3, 0.4) is 0 Å². The number of nitrogens with zero attached hydrogens (tertiary/aromatic N) is 5. The molecule has 1 aliphatic carbocycles. The van der Waals surface area contributed by atoms with E-state index in [2.05, 4.69) is 21.3 Å². The summed E-state index contributed by atoms with van der Waals surface area (Å²) in [4.78, 5) is 19.2. The Balaban J connectivity index is 1.46. The van der Waals surface area contributed by atoms with Crippen molar-refractivity contribution in [1.29, 1.82) is 5.26 Å². The second-order valence-electron chi connectivity index (χ2n) is 7.39. The molecule has 0 bridgehead atoms. The molecule has 31 heavy (non-hydrogen) atoms. The summed E-state index contributed by atoms with van der Waals surface area (Å²) in [6.45, 7) is 4.00. The lowest BCUT2D eigenvalue weighted by Crippen LogP contribution is -2.34. The number of hydrogen-bond acceptors (Lipinski definition) is 7. The Morgan fingerprint density at radius 2 is 2.10 bits per heavy atom. The third-order valence-electron chi connectivity index (χ3n) is 4.94. The van der Waals surface area contributed by atoms with Gasteiger partial charge in [-0.1, -0.05) is 35.5 Å². The third kappa shape index (κ3) is 4.89. The predicted molar refractivity (Wildman–Crippen MR) is 117 cm³/mol. The molecular formula is C22H20ClN5O2S. The summed E-state index contributed by atoms with van der Waals surface area (Å²) in [5.41, 5.74) is 2.86. The molecule has 2 aromatic heterocycles. The van der Waals surface area contributed by atoms with E-state index in [9.17, 15) is 10.1 Å². The van der Waals surface area contributed by atoms with Gasteiger partial charge in [0.05, 0.1) is 28.4 Å². The van der Waals surface area contributed by atoms with Gasteiger partial charge in [0.2, 0.25) is 17.7 Å². The van der Waals surface area contributed by atoms with E-state index in [0.29, 0.717) is 33.0 Å². The number of thioether (sulfide) groups is 1. The van der Waals surface area contributed by atoms with E-state index in [-0.39, 0.29) is 24.2 Å². The molecule has 0 spiro atoms. The Hall–Kier alpha value is -2.89. The number of hydrogen-bond donors (Lipinski definition) is 0. The van der Waals surface area contributed by atoms with E-state index in [1.54, 1.807) is 11.0 Å². The molecule has 0 unspecified atom stereocenters. The first-order valence-electron chi connectivity index (χ1n) is 9.84. The first-order chi connectivity index (χ1) is 15.0. The van der Waals surface area contributed by atoms with Crippen LogP contribution in [0.5, 0.6) is 0 Å². The average molecular weight is 454 g/mol. The maximum Gasteiger partial charge on any atom is 0.249 e. The van der Waals surface area contributed by atoms with Gasteiger partial charge in [0, 0.05) is 11.7 Å². The zero-order valence-corrected chi connectivity index (χ0v) is 18.7. The summed E-state index contributed by atoms with van der Waals surface area (Å²) < 4.78 is 5.78. The lowest BCUT2D eigenvalue weighted by molar-refractivity contribution is -0.129. The van der Waals surface area contributed by atoms with Crippen LogP contribution in [-0.4, -0.2) is 37.8 Å². The zero-order valence-electron chi connectivity index (χ0n) is 17.1. The number of aryl methyl sites for hydroxylation is 2. The highest BCUT2D eigenvalue weighted by atomic mass is 35.5. The minimum absolute atomic E-state index is 0.0464. The van der Waals surface area contributed by atoms with Crippen molar-refractivity contribution in [3.05, 3.63) is 58.1 Å². The number of benzene rings is 1. The van der Waals surface area contributed by atoms with E-state index in [4.69, 9.17) is 16.0 Å². The van der Waals surface area contributed by atoms with Crippen molar-refractivity contribution < 1.29 is 9.21 Å². The van der Waals surface area contributed by atoms with Crippen molar-refractivity contribution in [2.45, 2.75) is 44.3 Å². The van der Waals surface area contributed by atoms with Gasteiger partial charge in [-0.25, -0.2) is 4.98 Å². The third-order valence-corrected chi connectivity index (χ3v) is 6.23. The molecule has 4 rings (SSSR count). The molecule has 3 aromatic rings. The summed E-state index contributed by atoms with van der Waals surface area (Å²) in [5, 5.41) is 18.7. The molecule has 158 valence electrons. The zero-order chi connectivity index (χ0) is 22.0. The van der Waals surface area contributed by atoms with Crippen molar-refractivity contribution in [3.8, 4) is 17.5 Å². The topological polar surface area (TPSA) is 95.9 Å². The highest BCUT2D eigenvalue weighted by molar-refractivity contribution is 8.00. The van der Waals surface area contributed by atoms with Crippen molar-refractivity contribution in [3.63, 3.8) is 0 Å². The monoisotopic (exact) mass is 453 g/mol. The summed E-state index contributed by atoms with van der Waals surface area (Å²) in [5.74, 6) is 0.834. The number of carbonyl (C=O) groups is 1. The van der Waals surface area contributed by atoms with Gasteiger partial charge in [0.15, 0.2) is 0 Å². The molecule has 1 aliphatic rings. The van der Waals surface area contributed by atoms with Gasteiger partial charge in [-0.3, -0.25) is 4.79 Å². The van der Waals surface area contributed by atoms with E-state index in [1.807, 2.05) is 38.1 Å². The molecule has 0 aliphatic heterocycles.